The molecule has 2 aromatic heterocycles. The molecule has 9 heteroatoms. The molecule has 5 rings (SSSR count). The molecule has 0 radical (unpaired) electrons. The van der Waals surface area contributed by atoms with Gasteiger partial charge in [-0.15, -0.1) is 10.2 Å². The fraction of sp³-hybridized carbons (Fsp3) is 0.318. The van der Waals surface area contributed by atoms with Crippen LogP contribution >= 0.6 is 0 Å². The average molecular weight is 425 g/mol. The quantitative estimate of drug-likeness (QED) is 0.662. The van der Waals surface area contributed by atoms with E-state index >= 15 is 0 Å². The third-order valence-corrected chi connectivity index (χ3v) is 5.80. The van der Waals surface area contributed by atoms with Crippen LogP contribution in [0, 0.1) is 6.92 Å². The van der Waals surface area contributed by atoms with Crippen molar-refractivity contribution in [2.45, 2.75) is 44.4 Å². The van der Waals surface area contributed by atoms with Crippen LogP contribution in [0.1, 0.15) is 25.5 Å². The first-order chi connectivity index (χ1) is 14.8. The maximum absolute atomic E-state index is 14.1. The Balaban J connectivity index is 1.31. The van der Waals surface area contributed by atoms with Crippen molar-refractivity contribution in [3.63, 3.8) is 0 Å². The van der Waals surface area contributed by atoms with Gasteiger partial charge in [-0.05, 0) is 38.1 Å². The van der Waals surface area contributed by atoms with Gasteiger partial charge in [0.1, 0.15) is 11.9 Å². The van der Waals surface area contributed by atoms with Gasteiger partial charge < -0.3 is 9.84 Å². The summed E-state index contributed by atoms with van der Waals surface area (Å²) in [5.41, 5.74) is 1.55. The molecule has 2 aliphatic heterocycles. The van der Waals surface area contributed by atoms with E-state index in [0.29, 0.717) is 24.1 Å². The Morgan fingerprint density at radius 3 is 2.68 bits per heavy atom. The van der Waals surface area contributed by atoms with Gasteiger partial charge >= 0.3 is 0 Å². The molecule has 31 heavy (non-hydrogen) atoms. The van der Waals surface area contributed by atoms with Crippen LogP contribution < -0.4 is 10.1 Å². The lowest BCUT2D eigenvalue weighted by Crippen LogP contribution is -2.52. The first-order valence-electron chi connectivity index (χ1n) is 10.0. The number of ether oxygens (including phenoxy) is 1. The summed E-state index contributed by atoms with van der Waals surface area (Å²) in [7, 11) is 0. The highest BCUT2D eigenvalue weighted by molar-refractivity contribution is 5.68. The standard InChI is InChI=1S/C22H21F2N5O2/c1-12-7-8-29(28-12)13-3-4-15(18(30)9-13)16-5-6-19(27-26-16)31-14-10-17-20(23)21(24)22(2,11-14)25-17/h3-9,14,17,25,30H,10-11H2,1-2H3. The molecule has 2 bridgehead atoms. The molecule has 2 N–H and O–H groups in total. The zero-order valence-electron chi connectivity index (χ0n) is 17.0. The zero-order chi connectivity index (χ0) is 21.8. The first kappa shape index (κ1) is 19.6. The lowest BCUT2D eigenvalue weighted by Gasteiger charge is -2.35. The molecule has 0 saturated carbocycles. The molecule has 3 atom stereocenters. The number of hydrogen-bond acceptors (Lipinski definition) is 6. The molecular formula is C22H21F2N5O2. The summed E-state index contributed by atoms with van der Waals surface area (Å²) in [4.78, 5) is 0. The molecule has 0 aliphatic carbocycles. The van der Waals surface area contributed by atoms with Gasteiger partial charge in [0.2, 0.25) is 5.88 Å². The van der Waals surface area contributed by atoms with Gasteiger partial charge in [0.15, 0.2) is 11.7 Å². The maximum atomic E-state index is 14.1. The second kappa shape index (κ2) is 7.12. The summed E-state index contributed by atoms with van der Waals surface area (Å²) in [6.45, 7) is 3.52. The molecule has 2 aliphatic rings. The minimum Gasteiger partial charge on any atom is -0.507 e. The first-order valence-corrected chi connectivity index (χ1v) is 10.0. The van der Waals surface area contributed by atoms with Crippen LogP contribution in [0.15, 0.2) is 54.2 Å². The molecule has 160 valence electrons. The Morgan fingerprint density at radius 2 is 2.03 bits per heavy atom. The van der Waals surface area contributed by atoms with Crippen molar-refractivity contribution in [1.29, 1.82) is 0 Å². The molecule has 7 nitrogen and oxygen atoms in total. The van der Waals surface area contributed by atoms with Crippen LogP contribution in [0.5, 0.6) is 11.6 Å². The van der Waals surface area contributed by atoms with Crippen LogP contribution in [0.3, 0.4) is 0 Å². The second-order valence-electron chi connectivity index (χ2n) is 8.23. The smallest absolute Gasteiger partial charge is 0.233 e. The molecule has 1 saturated heterocycles. The molecule has 0 amide bonds. The minimum atomic E-state index is -1.05. The summed E-state index contributed by atoms with van der Waals surface area (Å²) in [6.07, 6.45) is 2.03. The Labute approximate surface area is 177 Å². The molecule has 4 heterocycles. The summed E-state index contributed by atoms with van der Waals surface area (Å²) in [5, 5.41) is 26.0. The van der Waals surface area contributed by atoms with Crippen molar-refractivity contribution in [1.82, 2.24) is 25.3 Å². The Kier molecular flexibility index (Phi) is 4.51. The maximum Gasteiger partial charge on any atom is 0.233 e. The van der Waals surface area contributed by atoms with Crippen molar-refractivity contribution in [2.24, 2.45) is 0 Å². The monoisotopic (exact) mass is 425 g/mol. The van der Waals surface area contributed by atoms with Crippen LogP contribution in [0.4, 0.5) is 8.78 Å². The van der Waals surface area contributed by atoms with Crippen molar-refractivity contribution >= 4 is 0 Å². The van der Waals surface area contributed by atoms with E-state index in [2.05, 4.69) is 20.6 Å². The second-order valence-corrected chi connectivity index (χ2v) is 8.23. The van der Waals surface area contributed by atoms with Crippen molar-refractivity contribution < 1.29 is 18.6 Å². The van der Waals surface area contributed by atoms with Gasteiger partial charge in [-0.3, -0.25) is 5.32 Å². The number of fused-ring (bicyclic) bond motifs is 2. The lowest BCUT2D eigenvalue weighted by atomic mass is 9.90. The van der Waals surface area contributed by atoms with Crippen molar-refractivity contribution in [2.75, 3.05) is 0 Å². The third kappa shape index (κ3) is 3.44. The fourth-order valence-electron chi connectivity index (χ4n) is 4.27. The number of aryl methyl sites for hydroxylation is 1. The summed E-state index contributed by atoms with van der Waals surface area (Å²) < 4.78 is 35.6. The number of phenolic OH excluding ortho intramolecular Hbond substituents is 1. The van der Waals surface area contributed by atoms with Gasteiger partial charge in [-0.25, -0.2) is 13.5 Å². The largest absolute Gasteiger partial charge is 0.507 e. The van der Waals surface area contributed by atoms with E-state index in [4.69, 9.17) is 4.74 Å². The average Bonchev–Trinajstić information content (AvgIpc) is 3.24. The molecule has 1 fully saturated rings. The van der Waals surface area contributed by atoms with Gasteiger partial charge in [0, 0.05) is 36.7 Å². The van der Waals surface area contributed by atoms with E-state index in [1.807, 2.05) is 25.3 Å². The topological polar surface area (TPSA) is 85.1 Å². The van der Waals surface area contributed by atoms with Gasteiger partial charge in [0.05, 0.1) is 28.7 Å². The predicted molar refractivity (Wildman–Crippen MR) is 109 cm³/mol. The van der Waals surface area contributed by atoms with Gasteiger partial charge in [-0.2, -0.15) is 5.10 Å². The number of halogens is 2. The molecule has 0 spiro atoms. The number of nitrogens with one attached hydrogen (secondary N) is 1. The zero-order valence-corrected chi connectivity index (χ0v) is 17.0. The van der Waals surface area contributed by atoms with Gasteiger partial charge in [0.25, 0.3) is 0 Å². The summed E-state index contributed by atoms with van der Waals surface area (Å²) in [5.74, 6) is -1.16. The van der Waals surface area contributed by atoms with E-state index < -0.39 is 23.2 Å². The van der Waals surface area contributed by atoms with E-state index in [0.717, 1.165) is 11.4 Å². The number of rotatable bonds is 4. The van der Waals surface area contributed by atoms with Crippen LogP contribution in [0.2, 0.25) is 0 Å². The highest BCUT2D eigenvalue weighted by Gasteiger charge is 2.50. The van der Waals surface area contributed by atoms with E-state index in [-0.39, 0.29) is 17.7 Å². The molecule has 1 aromatic carbocycles. The normalized spacial score (nSPS) is 25.2. The molecule has 3 unspecified atom stereocenters. The number of benzene rings is 1. The Morgan fingerprint density at radius 1 is 1.19 bits per heavy atom. The Bertz CT molecular complexity index is 1180. The van der Waals surface area contributed by atoms with E-state index in [9.17, 15) is 13.9 Å². The van der Waals surface area contributed by atoms with E-state index in [1.165, 1.54) is 0 Å². The molecule has 3 aromatic rings. The van der Waals surface area contributed by atoms with E-state index in [1.54, 1.807) is 35.9 Å². The number of phenols is 1. The number of piperidine rings is 1. The SMILES string of the molecule is Cc1ccn(-c2ccc(-c3ccc(OC4CC5NC(C)(C4)C(F)=C5F)nn3)c(O)c2)n1. The number of aromatic hydroxyl groups is 1. The van der Waals surface area contributed by atoms with Gasteiger partial charge in [-0.1, -0.05) is 0 Å². The predicted octanol–water partition coefficient (Wildman–Crippen LogP) is 3.77. The third-order valence-electron chi connectivity index (χ3n) is 5.80. The Hall–Kier alpha value is -3.33. The minimum absolute atomic E-state index is 0.0495. The number of nitrogens with zero attached hydrogens (tertiary/aromatic N) is 4. The lowest BCUT2D eigenvalue weighted by molar-refractivity contribution is 0.0993. The van der Waals surface area contributed by atoms with Crippen LogP contribution in [-0.2, 0) is 0 Å². The fourth-order valence-corrected chi connectivity index (χ4v) is 4.27. The van der Waals surface area contributed by atoms with Crippen molar-refractivity contribution in [3.05, 3.63) is 59.9 Å². The van der Waals surface area contributed by atoms with Crippen LogP contribution in [-0.4, -0.2) is 42.8 Å². The number of aromatic nitrogens is 4. The summed E-state index contributed by atoms with van der Waals surface area (Å²) >= 11 is 0. The highest BCUT2D eigenvalue weighted by Crippen LogP contribution is 2.42. The number of hydrogen-bond donors (Lipinski definition) is 2. The van der Waals surface area contributed by atoms with Crippen LogP contribution in [0.25, 0.3) is 16.9 Å². The highest BCUT2D eigenvalue weighted by atomic mass is 19.2. The molecular weight excluding hydrogens is 404 g/mol. The van der Waals surface area contributed by atoms with Crippen molar-refractivity contribution in [3.8, 4) is 28.6 Å². The summed E-state index contributed by atoms with van der Waals surface area (Å²) in [6, 6.07) is 9.71.